The highest BCUT2D eigenvalue weighted by Crippen LogP contribution is 2.15. The van der Waals surface area contributed by atoms with Gasteiger partial charge in [-0.1, -0.05) is 44.2 Å². The van der Waals surface area contributed by atoms with Crippen LogP contribution in [-0.2, 0) is 14.4 Å². The second-order valence-electron chi connectivity index (χ2n) is 7.99. The minimum Gasteiger partial charge on any atom is -1.00 e. The second-order valence-corrected chi connectivity index (χ2v) is 7.99. The molecule has 1 fully saturated rings. The van der Waals surface area contributed by atoms with Gasteiger partial charge in [0.1, 0.15) is 6.04 Å². The summed E-state index contributed by atoms with van der Waals surface area (Å²) in [5, 5.41) is 2.80. The van der Waals surface area contributed by atoms with Crippen molar-refractivity contribution in [2.24, 2.45) is 0 Å². The van der Waals surface area contributed by atoms with Crippen LogP contribution in [0.1, 0.15) is 49.9 Å². The van der Waals surface area contributed by atoms with Crippen molar-refractivity contribution in [3.63, 3.8) is 0 Å². The molecule has 0 saturated carbocycles. The molecule has 1 heterocycles. The molecule has 0 spiro atoms. The SMILES string of the molecule is CCC[N+](C)(CCC)CC(=O)NC1CCC(=O)N(CC(=O)c2ccccc2)C1=O.[I-]. The normalized spacial score (nSPS) is 16.8. The number of halogens is 1. The summed E-state index contributed by atoms with van der Waals surface area (Å²) >= 11 is 0. The molecule has 1 N–H and O–H groups in total. The number of hydrogen-bond donors (Lipinski definition) is 1. The van der Waals surface area contributed by atoms with E-state index in [1.807, 2.05) is 7.05 Å². The molecule has 0 radical (unpaired) electrons. The highest BCUT2D eigenvalue weighted by molar-refractivity contribution is 6.07. The maximum absolute atomic E-state index is 12.8. The van der Waals surface area contributed by atoms with Gasteiger partial charge in [-0.25, -0.2) is 0 Å². The van der Waals surface area contributed by atoms with Gasteiger partial charge in [0.15, 0.2) is 12.3 Å². The van der Waals surface area contributed by atoms with E-state index in [2.05, 4.69) is 19.2 Å². The molecule has 2 rings (SSSR count). The fraction of sp³-hybridized carbons (Fsp3) is 0.545. The van der Waals surface area contributed by atoms with Crippen LogP contribution in [0.5, 0.6) is 0 Å². The van der Waals surface area contributed by atoms with Gasteiger partial charge >= 0.3 is 0 Å². The van der Waals surface area contributed by atoms with Gasteiger partial charge in [0.2, 0.25) is 5.91 Å². The van der Waals surface area contributed by atoms with Crippen molar-refractivity contribution in [2.45, 2.75) is 45.6 Å². The van der Waals surface area contributed by atoms with Crippen LogP contribution in [0, 0.1) is 0 Å². The van der Waals surface area contributed by atoms with Crippen LogP contribution >= 0.6 is 0 Å². The topological polar surface area (TPSA) is 83.6 Å². The van der Waals surface area contributed by atoms with E-state index in [4.69, 9.17) is 0 Å². The third-order valence-corrected chi connectivity index (χ3v) is 5.30. The van der Waals surface area contributed by atoms with E-state index in [1.165, 1.54) is 0 Å². The van der Waals surface area contributed by atoms with Crippen molar-refractivity contribution >= 4 is 23.5 Å². The minimum absolute atomic E-state index is 0. The number of imide groups is 1. The summed E-state index contributed by atoms with van der Waals surface area (Å²) in [6, 6.07) is 7.81. The van der Waals surface area contributed by atoms with Crippen LogP contribution in [-0.4, -0.2) is 72.2 Å². The van der Waals surface area contributed by atoms with E-state index in [0.29, 0.717) is 16.6 Å². The third-order valence-electron chi connectivity index (χ3n) is 5.30. The number of carbonyl (C=O) groups excluding carboxylic acids is 4. The number of hydrogen-bond acceptors (Lipinski definition) is 4. The Balaban J connectivity index is 0.00000450. The van der Waals surface area contributed by atoms with Crippen molar-refractivity contribution in [2.75, 3.05) is 33.2 Å². The molecule has 0 aliphatic carbocycles. The lowest BCUT2D eigenvalue weighted by Gasteiger charge is -2.35. The molecule has 1 aromatic carbocycles. The van der Waals surface area contributed by atoms with Crippen molar-refractivity contribution in [1.29, 1.82) is 0 Å². The van der Waals surface area contributed by atoms with Crippen LogP contribution in [0.25, 0.3) is 0 Å². The number of ketones is 1. The molecular weight excluding hydrogens is 497 g/mol. The van der Waals surface area contributed by atoms with Gasteiger partial charge in [0.25, 0.3) is 11.8 Å². The van der Waals surface area contributed by atoms with E-state index in [1.54, 1.807) is 30.3 Å². The van der Waals surface area contributed by atoms with Crippen molar-refractivity contribution in [3.8, 4) is 0 Å². The summed E-state index contributed by atoms with van der Waals surface area (Å²) in [6.07, 6.45) is 2.34. The molecule has 166 valence electrons. The maximum atomic E-state index is 12.8. The molecule has 1 unspecified atom stereocenters. The second kappa shape index (κ2) is 12.1. The van der Waals surface area contributed by atoms with Gasteiger partial charge in [0, 0.05) is 12.0 Å². The molecular formula is C22H32IN3O4. The van der Waals surface area contributed by atoms with Crippen molar-refractivity contribution in [3.05, 3.63) is 35.9 Å². The largest absolute Gasteiger partial charge is 1.00 e. The number of likely N-dealkylation sites (tertiary alicyclic amines) is 1. The average Bonchev–Trinajstić information content (AvgIpc) is 2.68. The lowest BCUT2D eigenvalue weighted by Crippen LogP contribution is -3.00. The first-order valence-corrected chi connectivity index (χ1v) is 10.3. The lowest BCUT2D eigenvalue weighted by atomic mass is 10.0. The predicted octanol–water partition coefficient (Wildman–Crippen LogP) is -1.23. The lowest BCUT2D eigenvalue weighted by molar-refractivity contribution is -0.902. The molecule has 30 heavy (non-hydrogen) atoms. The van der Waals surface area contributed by atoms with E-state index >= 15 is 0 Å². The first-order valence-electron chi connectivity index (χ1n) is 10.3. The molecule has 1 saturated heterocycles. The standard InChI is InChI=1S/C22H31N3O4.HI/c1-4-13-25(3,14-5-2)16-20(27)23-18-11-12-21(28)24(22(18)29)15-19(26)17-9-7-6-8-10-17;/h6-10,18H,4-5,11-16H2,1-3H3;1H. The Hall–Kier alpha value is -1.81. The maximum Gasteiger partial charge on any atom is 0.275 e. The number of Topliss-reactive ketones (excluding diaryl/α,β-unsaturated/α-hetero) is 1. The Bertz CT molecular complexity index is 748. The number of amides is 3. The number of likely N-dealkylation sites (N-methyl/N-ethyl adjacent to an activating group) is 1. The minimum atomic E-state index is -0.763. The van der Waals surface area contributed by atoms with E-state index < -0.39 is 11.9 Å². The van der Waals surface area contributed by atoms with Crippen molar-refractivity contribution < 1.29 is 47.6 Å². The smallest absolute Gasteiger partial charge is 0.275 e. The monoisotopic (exact) mass is 529 g/mol. The Kier molecular flexibility index (Phi) is 10.6. The number of nitrogens with zero attached hydrogens (tertiary/aromatic N) is 2. The number of quaternary nitrogens is 1. The molecule has 1 aromatic rings. The summed E-state index contributed by atoms with van der Waals surface area (Å²) in [5.41, 5.74) is 0.450. The van der Waals surface area contributed by atoms with Crippen LogP contribution in [0.15, 0.2) is 30.3 Å². The van der Waals surface area contributed by atoms with Crippen LogP contribution < -0.4 is 29.3 Å². The highest BCUT2D eigenvalue weighted by atomic mass is 127. The number of benzene rings is 1. The van der Waals surface area contributed by atoms with E-state index in [9.17, 15) is 19.2 Å². The van der Waals surface area contributed by atoms with Gasteiger partial charge in [-0.15, -0.1) is 0 Å². The summed E-state index contributed by atoms with van der Waals surface area (Å²) < 4.78 is 0.620. The first kappa shape index (κ1) is 26.2. The summed E-state index contributed by atoms with van der Waals surface area (Å²) in [4.78, 5) is 51.0. The summed E-state index contributed by atoms with van der Waals surface area (Å²) in [7, 11) is 2.05. The molecule has 8 heteroatoms. The number of carbonyl (C=O) groups is 4. The zero-order chi connectivity index (χ0) is 21.4. The Morgan fingerprint density at radius 3 is 2.27 bits per heavy atom. The Labute approximate surface area is 195 Å². The van der Waals surface area contributed by atoms with E-state index in [-0.39, 0.29) is 61.0 Å². The molecule has 1 aliphatic rings. The van der Waals surface area contributed by atoms with Crippen molar-refractivity contribution in [1.82, 2.24) is 10.2 Å². The fourth-order valence-corrected chi connectivity index (χ4v) is 3.93. The van der Waals surface area contributed by atoms with Crippen LogP contribution in [0.4, 0.5) is 0 Å². The van der Waals surface area contributed by atoms with Gasteiger partial charge in [-0.3, -0.25) is 24.1 Å². The quantitative estimate of drug-likeness (QED) is 0.178. The van der Waals surface area contributed by atoms with Gasteiger partial charge < -0.3 is 33.8 Å². The molecule has 0 bridgehead atoms. The summed E-state index contributed by atoms with van der Waals surface area (Å²) in [6.45, 7) is 5.94. The molecule has 1 atom stereocenters. The zero-order valence-corrected chi connectivity index (χ0v) is 20.2. The van der Waals surface area contributed by atoms with Gasteiger partial charge in [-0.2, -0.15) is 0 Å². The number of piperidine rings is 1. The van der Waals surface area contributed by atoms with Gasteiger partial charge in [0.05, 0.1) is 26.7 Å². The zero-order valence-electron chi connectivity index (χ0n) is 18.0. The molecule has 0 aromatic heterocycles. The van der Waals surface area contributed by atoms with Gasteiger partial charge in [-0.05, 0) is 19.3 Å². The molecule has 3 amide bonds. The van der Waals surface area contributed by atoms with Crippen LogP contribution in [0.3, 0.4) is 0 Å². The Morgan fingerprint density at radius 1 is 1.10 bits per heavy atom. The predicted molar refractivity (Wildman–Crippen MR) is 110 cm³/mol. The summed E-state index contributed by atoms with van der Waals surface area (Å²) in [5.74, 6) is -1.37. The molecule has 7 nitrogen and oxygen atoms in total. The number of rotatable bonds is 10. The Morgan fingerprint density at radius 2 is 1.70 bits per heavy atom. The third kappa shape index (κ3) is 7.16. The number of nitrogens with one attached hydrogen (secondary N) is 1. The van der Waals surface area contributed by atoms with E-state index in [0.717, 1.165) is 30.8 Å². The highest BCUT2D eigenvalue weighted by Gasteiger charge is 2.37. The molecule has 1 aliphatic heterocycles. The fourth-order valence-electron chi connectivity index (χ4n) is 3.93. The van der Waals surface area contributed by atoms with Crippen LogP contribution in [0.2, 0.25) is 0 Å². The average molecular weight is 529 g/mol. The first-order chi connectivity index (χ1) is 13.8.